The van der Waals surface area contributed by atoms with E-state index in [0.29, 0.717) is 22.0 Å². The summed E-state index contributed by atoms with van der Waals surface area (Å²) in [7, 11) is 0. The predicted molar refractivity (Wildman–Crippen MR) is 94.1 cm³/mol. The highest BCUT2D eigenvalue weighted by atomic mass is 35.5. The fourth-order valence-electron chi connectivity index (χ4n) is 2.51. The van der Waals surface area contributed by atoms with E-state index in [0.717, 1.165) is 10.2 Å². The molecule has 1 aliphatic heterocycles. The largest absolute Gasteiger partial charge is 0.454 e. The number of carbonyl (C=O) groups excluding carboxylic acids is 1. The molecule has 0 fully saturated rings. The first-order chi connectivity index (χ1) is 11.2. The third-order valence-corrected chi connectivity index (χ3v) is 4.54. The van der Waals surface area contributed by atoms with Crippen LogP contribution in [0.4, 0.5) is 5.69 Å². The highest BCUT2D eigenvalue weighted by molar-refractivity contribution is 7.16. The molecule has 0 saturated heterocycles. The van der Waals surface area contributed by atoms with Gasteiger partial charge in [0.25, 0.3) is 0 Å². The first-order valence-corrected chi connectivity index (χ1v) is 7.85. The average molecular weight is 364 g/mol. The van der Waals surface area contributed by atoms with Gasteiger partial charge < -0.3 is 19.4 Å². The van der Waals surface area contributed by atoms with Gasteiger partial charge in [-0.3, -0.25) is 10.2 Å². The average Bonchev–Trinajstić information content (AvgIpc) is 3.12. The van der Waals surface area contributed by atoms with Crippen molar-refractivity contribution in [2.75, 3.05) is 12.1 Å². The summed E-state index contributed by atoms with van der Waals surface area (Å²) in [5.74, 6) is 1.11. The predicted octanol–water partition coefficient (Wildman–Crippen LogP) is 2.97. The third-order valence-electron chi connectivity index (χ3n) is 3.57. The Morgan fingerprint density at radius 3 is 2.88 bits per heavy atom. The number of fused-ring (bicyclic) bond motifs is 2. The van der Waals surface area contributed by atoms with E-state index < -0.39 is 0 Å². The van der Waals surface area contributed by atoms with E-state index in [9.17, 15) is 4.79 Å². The van der Waals surface area contributed by atoms with Gasteiger partial charge in [-0.15, -0.1) is 12.4 Å². The third kappa shape index (κ3) is 2.95. The monoisotopic (exact) mass is 363 g/mol. The summed E-state index contributed by atoms with van der Waals surface area (Å²) in [6, 6.07) is 13.0. The second kappa shape index (κ2) is 6.54. The Morgan fingerprint density at radius 2 is 2.00 bits per heavy atom. The van der Waals surface area contributed by atoms with Crippen molar-refractivity contribution in [1.29, 1.82) is 5.41 Å². The topological polar surface area (TPSA) is 76.3 Å². The first kappa shape index (κ1) is 16.4. The highest BCUT2D eigenvalue weighted by Crippen LogP contribution is 2.34. The quantitative estimate of drug-likeness (QED) is 0.751. The van der Waals surface area contributed by atoms with E-state index in [1.54, 1.807) is 22.8 Å². The van der Waals surface area contributed by atoms with Crippen molar-refractivity contribution in [1.82, 2.24) is 4.57 Å². The van der Waals surface area contributed by atoms with Crippen LogP contribution < -0.4 is 19.6 Å². The van der Waals surface area contributed by atoms with Crippen LogP contribution in [0.25, 0.3) is 10.2 Å². The molecule has 0 spiro atoms. The van der Waals surface area contributed by atoms with Gasteiger partial charge in [0.15, 0.2) is 16.3 Å². The number of amides is 1. The maximum atomic E-state index is 12.3. The van der Waals surface area contributed by atoms with E-state index in [1.807, 2.05) is 24.3 Å². The SMILES string of the molecule is Cl.N=c1sc2ccccc2n1CC(=O)Nc1ccc2c(c1)OCO2. The lowest BCUT2D eigenvalue weighted by molar-refractivity contribution is -0.116. The number of benzene rings is 2. The normalized spacial score (nSPS) is 12.0. The number of aromatic nitrogens is 1. The molecule has 2 heterocycles. The van der Waals surface area contributed by atoms with Crippen LogP contribution in [-0.2, 0) is 11.3 Å². The zero-order valence-electron chi connectivity index (χ0n) is 12.4. The van der Waals surface area contributed by atoms with Crippen LogP contribution in [0.15, 0.2) is 42.5 Å². The Hall–Kier alpha value is -2.51. The van der Waals surface area contributed by atoms with Crippen LogP contribution >= 0.6 is 23.7 Å². The molecule has 2 N–H and O–H groups in total. The van der Waals surface area contributed by atoms with Gasteiger partial charge in [0.05, 0.1) is 10.2 Å². The molecule has 0 bridgehead atoms. The number of hydrogen-bond acceptors (Lipinski definition) is 5. The lowest BCUT2D eigenvalue weighted by Gasteiger charge is -2.07. The minimum absolute atomic E-state index is 0. The first-order valence-electron chi connectivity index (χ1n) is 7.03. The highest BCUT2D eigenvalue weighted by Gasteiger charge is 2.15. The second-order valence-corrected chi connectivity index (χ2v) is 6.11. The van der Waals surface area contributed by atoms with Gasteiger partial charge in [0, 0.05) is 11.8 Å². The van der Waals surface area contributed by atoms with Crippen molar-refractivity contribution in [3.8, 4) is 11.5 Å². The van der Waals surface area contributed by atoms with E-state index in [2.05, 4.69) is 5.32 Å². The minimum atomic E-state index is -0.189. The molecule has 0 radical (unpaired) electrons. The number of rotatable bonds is 3. The van der Waals surface area contributed by atoms with Crippen LogP contribution in [0.1, 0.15) is 0 Å². The summed E-state index contributed by atoms with van der Waals surface area (Å²) in [5, 5.41) is 10.9. The van der Waals surface area contributed by atoms with Crippen molar-refractivity contribution in [3.63, 3.8) is 0 Å². The van der Waals surface area contributed by atoms with Crippen LogP contribution in [0.5, 0.6) is 11.5 Å². The smallest absolute Gasteiger partial charge is 0.244 e. The van der Waals surface area contributed by atoms with Gasteiger partial charge in [-0.25, -0.2) is 0 Å². The molecule has 0 aliphatic carbocycles. The van der Waals surface area contributed by atoms with E-state index >= 15 is 0 Å². The van der Waals surface area contributed by atoms with Crippen LogP contribution in [0, 0.1) is 5.41 Å². The van der Waals surface area contributed by atoms with E-state index in [-0.39, 0.29) is 31.7 Å². The number of hydrogen-bond donors (Lipinski definition) is 2. The Labute approximate surface area is 147 Å². The van der Waals surface area contributed by atoms with Gasteiger partial charge in [-0.1, -0.05) is 23.5 Å². The van der Waals surface area contributed by atoms with Gasteiger partial charge in [0.2, 0.25) is 12.7 Å². The molecule has 3 aromatic rings. The number of halogens is 1. The van der Waals surface area contributed by atoms with Gasteiger partial charge in [0.1, 0.15) is 6.54 Å². The molecule has 124 valence electrons. The van der Waals surface area contributed by atoms with Crippen molar-refractivity contribution in [3.05, 3.63) is 47.3 Å². The Kier molecular flexibility index (Phi) is 4.46. The molecule has 1 aliphatic rings. The molecular formula is C16H14ClN3O3S. The number of thiazole rings is 1. The van der Waals surface area contributed by atoms with Crippen molar-refractivity contribution in [2.45, 2.75) is 6.54 Å². The van der Waals surface area contributed by atoms with Crippen LogP contribution in [0.2, 0.25) is 0 Å². The number of nitrogens with one attached hydrogen (secondary N) is 2. The van der Waals surface area contributed by atoms with Gasteiger partial charge in [-0.2, -0.15) is 0 Å². The van der Waals surface area contributed by atoms with Crippen molar-refractivity contribution < 1.29 is 14.3 Å². The van der Waals surface area contributed by atoms with Crippen LogP contribution in [0.3, 0.4) is 0 Å². The molecule has 8 heteroatoms. The van der Waals surface area contributed by atoms with E-state index in [4.69, 9.17) is 14.9 Å². The molecule has 1 aromatic heterocycles. The Bertz CT molecular complexity index is 967. The van der Waals surface area contributed by atoms with E-state index in [1.165, 1.54) is 11.3 Å². The standard InChI is InChI=1S/C16H13N3O3S.ClH/c17-16-19(11-3-1-2-4-14(11)23-16)8-15(20)18-10-5-6-12-13(7-10)22-9-21-12;/h1-7,17H,8-9H2,(H,18,20);1H. The summed E-state index contributed by atoms with van der Waals surface area (Å²) in [4.78, 5) is 12.6. The summed E-state index contributed by atoms with van der Waals surface area (Å²) in [6.45, 7) is 0.295. The summed E-state index contributed by atoms with van der Waals surface area (Å²) in [5.41, 5.74) is 1.54. The molecule has 1 amide bonds. The maximum Gasteiger partial charge on any atom is 0.244 e. The molecule has 24 heavy (non-hydrogen) atoms. The van der Waals surface area contributed by atoms with Gasteiger partial charge >= 0.3 is 0 Å². The van der Waals surface area contributed by atoms with Gasteiger partial charge in [-0.05, 0) is 24.3 Å². The van der Waals surface area contributed by atoms with Crippen molar-refractivity contribution >= 4 is 45.6 Å². The molecule has 4 rings (SSSR count). The summed E-state index contributed by atoms with van der Waals surface area (Å²) < 4.78 is 13.2. The number of nitrogens with zero attached hydrogens (tertiary/aromatic N) is 1. The minimum Gasteiger partial charge on any atom is -0.454 e. The summed E-state index contributed by atoms with van der Waals surface area (Å²) in [6.07, 6.45) is 0. The fraction of sp³-hybridized carbons (Fsp3) is 0.125. The molecule has 0 saturated carbocycles. The van der Waals surface area contributed by atoms with Crippen molar-refractivity contribution in [2.24, 2.45) is 0 Å². The lowest BCUT2D eigenvalue weighted by atomic mass is 10.2. The second-order valence-electron chi connectivity index (χ2n) is 5.08. The zero-order valence-corrected chi connectivity index (χ0v) is 14.1. The number of anilines is 1. The number of para-hydroxylation sites is 1. The molecular weight excluding hydrogens is 350 g/mol. The molecule has 2 aromatic carbocycles. The summed E-state index contributed by atoms with van der Waals surface area (Å²) >= 11 is 1.36. The fourth-order valence-corrected chi connectivity index (χ4v) is 3.42. The number of carbonyl (C=O) groups is 1. The molecule has 6 nitrogen and oxygen atoms in total. The number of ether oxygens (including phenoxy) is 2. The Balaban J connectivity index is 0.00000169. The van der Waals surface area contributed by atoms with Crippen LogP contribution in [-0.4, -0.2) is 17.3 Å². The molecule has 0 unspecified atom stereocenters. The Morgan fingerprint density at radius 1 is 1.21 bits per heavy atom. The zero-order chi connectivity index (χ0) is 15.8. The molecule has 0 atom stereocenters. The lowest BCUT2D eigenvalue weighted by Crippen LogP contribution is -2.24. The maximum absolute atomic E-state index is 12.3.